The first-order chi connectivity index (χ1) is 9.34. The molecular weight excluding hydrogens is 234 g/mol. The molecule has 0 radical (unpaired) electrons. The van der Waals surface area contributed by atoms with Gasteiger partial charge in [-0.1, -0.05) is 49.6 Å². The molecule has 1 saturated heterocycles. The predicted octanol–water partition coefficient (Wildman–Crippen LogP) is 3.17. The normalized spacial score (nSPS) is 33.2. The van der Waals surface area contributed by atoms with Crippen LogP contribution in [0.1, 0.15) is 50.0 Å². The second-order valence-electron chi connectivity index (χ2n) is 6.16. The van der Waals surface area contributed by atoms with Gasteiger partial charge in [-0.05, 0) is 37.3 Å². The van der Waals surface area contributed by atoms with Gasteiger partial charge < -0.3 is 5.11 Å². The Morgan fingerprint density at radius 3 is 2.58 bits per heavy atom. The summed E-state index contributed by atoms with van der Waals surface area (Å²) in [5.41, 5.74) is 1.47. The molecule has 19 heavy (non-hydrogen) atoms. The minimum absolute atomic E-state index is 0.1000. The number of aliphatic hydroxyl groups is 1. The Balaban J connectivity index is 1.65. The third kappa shape index (κ3) is 3.01. The summed E-state index contributed by atoms with van der Waals surface area (Å²) in [6.45, 7) is 2.28. The molecule has 3 atom stereocenters. The van der Waals surface area contributed by atoms with E-state index in [-0.39, 0.29) is 6.10 Å². The molecule has 1 N–H and O–H groups in total. The Kier molecular flexibility index (Phi) is 4.19. The van der Waals surface area contributed by atoms with Gasteiger partial charge in [0.1, 0.15) is 0 Å². The summed E-state index contributed by atoms with van der Waals surface area (Å²) in [5.74, 6) is 0.664. The Labute approximate surface area is 116 Å². The maximum Gasteiger partial charge on any atom is 0.0695 e. The maximum absolute atomic E-state index is 10.3. The minimum atomic E-state index is -0.1000. The molecule has 1 aliphatic heterocycles. The highest BCUT2D eigenvalue weighted by atomic mass is 16.3. The van der Waals surface area contributed by atoms with Crippen molar-refractivity contribution in [3.8, 4) is 0 Å². The molecular formula is C17H25NO. The lowest BCUT2D eigenvalue weighted by atomic mass is 9.98. The number of benzene rings is 1. The molecule has 1 saturated carbocycles. The summed E-state index contributed by atoms with van der Waals surface area (Å²) in [6, 6.07) is 11.3. The van der Waals surface area contributed by atoms with Crippen LogP contribution in [0.3, 0.4) is 0 Å². The number of rotatable bonds is 2. The highest BCUT2D eigenvalue weighted by molar-refractivity contribution is 5.21. The highest BCUT2D eigenvalue weighted by Crippen LogP contribution is 2.32. The molecule has 3 unspecified atom stereocenters. The zero-order chi connectivity index (χ0) is 13.1. The summed E-state index contributed by atoms with van der Waals surface area (Å²) >= 11 is 0. The molecule has 1 aliphatic carbocycles. The SMILES string of the molecule is OC1CCCCCC1N1CCC(c2ccccc2)C1. The highest BCUT2D eigenvalue weighted by Gasteiger charge is 2.33. The van der Waals surface area contributed by atoms with Gasteiger partial charge in [-0.3, -0.25) is 4.90 Å². The van der Waals surface area contributed by atoms with E-state index in [2.05, 4.69) is 35.2 Å². The van der Waals surface area contributed by atoms with Crippen LogP contribution in [0.15, 0.2) is 30.3 Å². The molecule has 0 amide bonds. The van der Waals surface area contributed by atoms with E-state index in [9.17, 15) is 5.11 Å². The van der Waals surface area contributed by atoms with E-state index < -0.39 is 0 Å². The van der Waals surface area contributed by atoms with Crippen LogP contribution in [-0.4, -0.2) is 35.2 Å². The van der Waals surface area contributed by atoms with Crippen LogP contribution in [0.2, 0.25) is 0 Å². The molecule has 1 aromatic carbocycles. The zero-order valence-corrected chi connectivity index (χ0v) is 11.7. The summed E-state index contributed by atoms with van der Waals surface area (Å²) < 4.78 is 0. The van der Waals surface area contributed by atoms with Crippen molar-refractivity contribution in [3.63, 3.8) is 0 Å². The van der Waals surface area contributed by atoms with Gasteiger partial charge in [-0.2, -0.15) is 0 Å². The Morgan fingerprint density at radius 2 is 1.74 bits per heavy atom. The Bertz CT molecular complexity index is 392. The summed E-state index contributed by atoms with van der Waals surface area (Å²) in [7, 11) is 0. The van der Waals surface area contributed by atoms with Crippen LogP contribution in [-0.2, 0) is 0 Å². The van der Waals surface area contributed by atoms with Gasteiger partial charge in [0.05, 0.1) is 6.10 Å². The van der Waals surface area contributed by atoms with Crippen molar-refractivity contribution in [1.82, 2.24) is 4.90 Å². The van der Waals surface area contributed by atoms with Crippen LogP contribution >= 0.6 is 0 Å². The van der Waals surface area contributed by atoms with E-state index in [1.54, 1.807) is 0 Å². The van der Waals surface area contributed by atoms with Crippen LogP contribution in [0.4, 0.5) is 0 Å². The number of hydrogen-bond acceptors (Lipinski definition) is 2. The van der Waals surface area contributed by atoms with Crippen molar-refractivity contribution < 1.29 is 5.11 Å². The van der Waals surface area contributed by atoms with Crippen molar-refractivity contribution in [2.45, 2.75) is 56.6 Å². The third-order valence-corrected chi connectivity index (χ3v) is 4.90. The van der Waals surface area contributed by atoms with E-state index in [0.29, 0.717) is 12.0 Å². The van der Waals surface area contributed by atoms with Crippen molar-refractivity contribution in [1.29, 1.82) is 0 Å². The molecule has 0 spiro atoms. The first kappa shape index (κ1) is 13.1. The predicted molar refractivity (Wildman–Crippen MR) is 78.3 cm³/mol. The van der Waals surface area contributed by atoms with Gasteiger partial charge in [0.25, 0.3) is 0 Å². The molecule has 2 aliphatic rings. The van der Waals surface area contributed by atoms with Crippen LogP contribution in [0.25, 0.3) is 0 Å². The van der Waals surface area contributed by atoms with Crippen LogP contribution in [0, 0.1) is 0 Å². The van der Waals surface area contributed by atoms with E-state index in [1.165, 1.54) is 37.7 Å². The monoisotopic (exact) mass is 259 g/mol. The summed E-state index contributed by atoms with van der Waals surface area (Å²) in [6.07, 6.45) is 7.11. The first-order valence-electron chi connectivity index (χ1n) is 7.81. The molecule has 2 fully saturated rings. The molecule has 1 heterocycles. The topological polar surface area (TPSA) is 23.5 Å². The minimum Gasteiger partial charge on any atom is -0.391 e. The molecule has 2 nitrogen and oxygen atoms in total. The van der Waals surface area contributed by atoms with Gasteiger partial charge in [-0.25, -0.2) is 0 Å². The lowest BCUT2D eigenvalue weighted by molar-refractivity contribution is 0.0563. The van der Waals surface area contributed by atoms with Crippen molar-refractivity contribution >= 4 is 0 Å². The molecule has 0 aromatic heterocycles. The van der Waals surface area contributed by atoms with Gasteiger partial charge in [0.15, 0.2) is 0 Å². The zero-order valence-electron chi connectivity index (χ0n) is 11.7. The van der Waals surface area contributed by atoms with Gasteiger partial charge in [-0.15, -0.1) is 0 Å². The first-order valence-corrected chi connectivity index (χ1v) is 7.81. The Hall–Kier alpha value is -0.860. The van der Waals surface area contributed by atoms with Crippen molar-refractivity contribution in [2.75, 3.05) is 13.1 Å². The number of aliphatic hydroxyl groups excluding tert-OH is 1. The fourth-order valence-corrected chi connectivity index (χ4v) is 3.78. The van der Waals surface area contributed by atoms with E-state index >= 15 is 0 Å². The van der Waals surface area contributed by atoms with Gasteiger partial charge in [0, 0.05) is 12.6 Å². The van der Waals surface area contributed by atoms with E-state index in [1.807, 2.05) is 0 Å². The standard InChI is InChI=1S/C17H25NO/c19-17-10-6-2-5-9-16(17)18-12-11-15(13-18)14-7-3-1-4-8-14/h1,3-4,7-8,15-17,19H,2,5-6,9-13H2. The fourth-order valence-electron chi connectivity index (χ4n) is 3.78. The van der Waals surface area contributed by atoms with Crippen LogP contribution in [0.5, 0.6) is 0 Å². The van der Waals surface area contributed by atoms with E-state index in [0.717, 1.165) is 19.5 Å². The van der Waals surface area contributed by atoms with Crippen molar-refractivity contribution in [3.05, 3.63) is 35.9 Å². The van der Waals surface area contributed by atoms with Gasteiger partial charge >= 0.3 is 0 Å². The third-order valence-electron chi connectivity index (χ3n) is 4.90. The number of likely N-dealkylation sites (tertiary alicyclic amines) is 1. The number of hydrogen-bond donors (Lipinski definition) is 1. The molecule has 2 heteroatoms. The summed E-state index contributed by atoms with van der Waals surface area (Å²) in [4.78, 5) is 2.55. The lowest BCUT2D eigenvalue weighted by Crippen LogP contribution is -2.41. The van der Waals surface area contributed by atoms with E-state index in [4.69, 9.17) is 0 Å². The second kappa shape index (κ2) is 6.06. The fraction of sp³-hybridized carbons (Fsp3) is 0.647. The summed E-state index contributed by atoms with van der Waals surface area (Å²) in [5, 5.41) is 10.3. The molecule has 0 bridgehead atoms. The average molecular weight is 259 g/mol. The molecule has 104 valence electrons. The maximum atomic E-state index is 10.3. The molecule has 3 rings (SSSR count). The number of nitrogens with zero attached hydrogens (tertiary/aromatic N) is 1. The lowest BCUT2D eigenvalue weighted by Gasteiger charge is -2.30. The smallest absolute Gasteiger partial charge is 0.0695 e. The van der Waals surface area contributed by atoms with Crippen LogP contribution < -0.4 is 0 Å². The second-order valence-corrected chi connectivity index (χ2v) is 6.16. The van der Waals surface area contributed by atoms with Crippen molar-refractivity contribution in [2.24, 2.45) is 0 Å². The quantitative estimate of drug-likeness (QED) is 0.825. The molecule has 1 aromatic rings. The van der Waals surface area contributed by atoms with Gasteiger partial charge in [0.2, 0.25) is 0 Å². The Morgan fingerprint density at radius 1 is 0.947 bits per heavy atom. The largest absolute Gasteiger partial charge is 0.391 e. The average Bonchev–Trinajstić information content (AvgIpc) is 2.83.